The lowest BCUT2D eigenvalue weighted by atomic mass is 9.95. The van der Waals surface area contributed by atoms with Crippen molar-refractivity contribution in [1.82, 2.24) is 5.32 Å². The van der Waals surface area contributed by atoms with Crippen LogP contribution in [0.1, 0.15) is 65.9 Å². The summed E-state index contributed by atoms with van der Waals surface area (Å²) in [4.78, 5) is 25.2. The molecule has 0 radical (unpaired) electrons. The molecule has 4 nitrogen and oxygen atoms in total. The molecule has 2 aromatic carbocycles. The highest BCUT2D eigenvalue weighted by Gasteiger charge is 2.44. The van der Waals surface area contributed by atoms with E-state index in [0.717, 1.165) is 41.1 Å². The van der Waals surface area contributed by atoms with Gasteiger partial charge in [0.1, 0.15) is 0 Å². The van der Waals surface area contributed by atoms with Crippen LogP contribution in [-0.4, -0.2) is 17.9 Å². The summed E-state index contributed by atoms with van der Waals surface area (Å²) in [5, 5.41) is 6.89. The van der Waals surface area contributed by atoms with E-state index in [2.05, 4.69) is 10.6 Å². The van der Waals surface area contributed by atoms with Gasteiger partial charge < -0.3 is 10.6 Å². The second-order valence-electron chi connectivity index (χ2n) is 8.30. The zero-order chi connectivity index (χ0) is 20.4. The topological polar surface area (TPSA) is 58.2 Å². The molecule has 2 atom stereocenters. The highest BCUT2D eigenvalue weighted by Crippen LogP contribution is 2.50. The molecule has 152 valence electrons. The molecule has 2 aromatic rings. The Bertz CT molecular complexity index is 921. The smallest absolute Gasteiger partial charge is 0.251 e. The van der Waals surface area contributed by atoms with Crippen LogP contribution in [0.3, 0.4) is 0 Å². The number of hydrogen-bond donors (Lipinski definition) is 2. The molecule has 0 aromatic heterocycles. The number of halogens is 1. The van der Waals surface area contributed by atoms with E-state index >= 15 is 0 Å². The van der Waals surface area contributed by atoms with Crippen molar-refractivity contribution in [2.75, 3.05) is 5.32 Å². The van der Waals surface area contributed by atoms with Gasteiger partial charge >= 0.3 is 0 Å². The molecule has 0 aliphatic heterocycles. The Morgan fingerprint density at radius 3 is 2.52 bits per heavy atom. The van der Waals surface area contributed by atoms with Crippen molar-refractivity contribution in [1.29, 1.82) is 0 Å². The summed E-state index contributed by atoms with van der Waals surface area (Å²) in [5.74, 6) is 0.115. The van der Waals surface area contributed by atoms with Gasteiger partial charge in [-0.15, -0.1) is 0 Å². The van der Waals surface area contributed by atoms with Gasteiger partial charge in [0, 0.05) is 28.2 Å². The summed E-state index contributed by atoms with van der Waals surface area (Å²) in [6.45, 7) is 1.92. The molecule has 2 N–H and O–H groups in total. The Morgan fingerprint density at radius 2 is 1.79 bits per heavy atom. The van der Waals surface area contributed by atoms with Gasteiger partial charge in [-0.25, -0.2) is 0 Å². The Hall–Kier alpha value is -2.33. The second kappa shape index (κ2) is 8.58. The maximum atomic E-state index is 12.7. The maximum Gasteiger partial charge on any atom is 0.251 e. The van der Waals surface area contributed by atoms with Crippen LogP contribution in [0.5, 0.6) is 0 Å². The van der Waals surface area contributed by atoms with Gasteiger partial charge in [-0.2, -0.15) is 0 Å². The molecule has 2 amide bonds. The minimum absolute atomic E-state index is 0.0115. The van der Waals surface area contributed by atoms with Crippen molar-refractivity contribution in [3.63, 3.8) is 0 Å². The zero-order valence-corrected chi connectivity index (χ0v) is 17.5. The van der Waals surface area contributed by atoms with E-state index in [1.165, 1.54) is 19.3 Å². The molecule has 2 aliphatic carbocycles. The average molecular weight is 411 g/mol. The Morgan fingerprint density at radius 1 is 1.03 bits per heavy atom. The highest BCUT2D eigenvalue weighted by molar-refractivity contribution is 6.31. The van der Waals surface area contributed by atoms with E-state index < -0.39 is 0 Å². The van der Waals surface area contributed by atoms with Gasteiger partial charge in [0.15, 0.2) is 0 Å². The third-order valence-electron chi connectivity index (χ3n) is 6.12. The van der Waals surface area contributed by atoms with E-state index in [-0.39, 0.29) is 29.7 Å². The van der Waals surface area contributed by atoms with E-state index in [9.17, 15) is 9.59 Å². The number of benzene rings is 2. The van der Waals surface area contributed by atoms with Crippen LogP contribution >= 0.6 is 11.6 Å². The van der Waals surface area contributed by atoms with Crippen LogP contribution < -0.4 is 10.6 Å². The molecule has 0 saturated heterocycles. The quantitative estimate of drug-likeness (QED) is 0.688. The lowest BCUT2D eigenvalue weighted by Gasteiger charge is -2.23. The molecule has 2 aliphatic rings. The normalized spacial score (nSPS) is 21.4. The molecule has 2 unspecified atom stereocenters. The Kier molecular flexibility index (Phi) is 5.91. The van der Waals surface area contributed by atoms with E-state index in [1.807, 2.05) is 43.3 Å². The molecule has 29 heavy (non-hydrogen) atoms. The summed E-state index contributed by atoms with van der Waals surface area (Å²) in [7, 11) is 0. The molecular weight excluding hydrogens is 384 g/mol. The third-order valence-corrected chi connectivity index (χ3v) is 6.46. The largest absolute Gasteiger partial charge is 0.349 e. The Labute approximate surface area is 177 Å². The molecule has 4 rings (SSSR count). The van der Waals surface area contributed by atoms with Crippen LogP contribution in [0.4, 0.5) is 5.69 Å². The van der Waals surface area contributed by atoms with Gasteiger partial charge in [-0.05, 0) is 67.5 Å². The van der Waals surface area contributed by atoms with Gasteiger partial charge in [0.25, 0.3) is 5.91 Å². The van der Waals surface area contributed by atoms with Crippen LogP contribution in [0.2, 0.25) is 5.02 Å². The van der Waals surface area contributed by atoms with Crippen molar-refractivity contribution in [2.45, 2.75) is 57.4 Å². The van der Waals surface area contributed by atoms with E-state index in [0.29, 0.717) is 5.56 Å². The summed E-state index contributed by atoms with van der Waals surface area (Å²) in [6.07, 6.45) is 6.57. The first-order chi connectivity index (χ1) is 14.0. The van der Waals surface area contributed by atoms with Crippen molar-refractivity contribution in [3.8, 4) is 0 Å². The van der Waals surface area contributed by atoms with Gasteiger partial charge in [0.2, 0.25) is 5.91 Å². The van der Waals surface area contributed by atoms with Crippen molar-refractivity contribution in [3.05, 3.63) is 64.2 Å². The first-order valence-electron chi connectivity index (χ1n) is 10.5. The fraction of sp³-hybridized carbons (Fsp3) is 0.417. The third kappa shape index (κ3) is 4.64. The van der Waals surface area contributed by atoms with Crippen LogP contribution in [0, 0.1) is 12.8 Å². The number of anilines is 1. The first kappa shape index (κ1) is 20.0. The lowest BCUT2D eigenvalue weighted by Crippen LogP contribution is -2.36. The zero-order valence-electron chi connectivity index (χ0n) is 16.7. The predicted molar refractivity (Wildman–Crippen MR) is 116 cm³/mol. The standard InChI is InChI=1S/C24H27ClN2O2/c1-15-13-16(23(28)26-17-7-3-2-4-8-17)11-12-22(15)27-24(29)20-14-19(20)18-9-5-6-10-21(18)25/h5-6,9-13,17,19-20H,2-4,7-8,14H2,1H3,(H,26,28)(H,27,29). The number of carbonyl (C=O) groups excluding carboxylic acids is 2. The fourth-order valence-corrected chi connectivity index (χ4v) is 4.57. The first-order valence-corrected chi connectivity index (χ1v) is 10.9. The second-order valence-corrected chi connectivity index (χ2v) is 8.70. The maximum absolute atomic E-state index is 12.7. The number of hydrogen-bond acceptors (Lipinski definition) is 2. The SMILES string of the molecule is Cc1cc(C(=O)NC2CCCCC2)ccc1NC(=O)C1CC1c1ccccc1Cl. The van der Waals surface area contributed by atoms with Gasteiger partial charge in [-0.3, -0.25) is 9.59 Å². The van der Waals surface area contributed by atoms with Crippen molar-refractivity contribution < 1.29 is 9.59 Å². The molecule has 2 fully saturated rings. The van der Waals surface area contributed by atoms with Crippen molar-refractivity contribution >= 4 is 29.1 Å². The molecule has 0 bridgehead atoms. The van der Waals surface area contributed by atoms with Gasteiger partial charge in [-0.1, -0.05) is 49.1 Å². The average Bonchev–Trinajstić information content (AvgIpc) is 3.51. The summed E-state index contributed by atoms with van der Waals surface area (Å²) >= 11 is 6.26. The number of nitrogens with one attached hydrogen (secondary N) is 2. The van der Waals surface area contributed by atoms with E-state index in [1.54, 1.807) is 6.07 Å². The predicted octanol–water partition coefficient (Wildman–Crippen LogP) is 5.45. The van der Waals surface area contributed by atoms with Crippen molar-refractivity contribution in [2.24, 2.45) is 5.92 Å². The monoisotopic (exact) mass is 410 g/mol. The number of aryl methyl sites for hydroxylation is 1. The minimum atomic E-state index is -0.0522. The molecule has 0 spiro atoms. The minimum Gasteiger partial charge on any atom is -0.349 e. The van der Waals surface area contributed by atoms with Gasteiger partial charge in [0.05, 0.1) is 0 Å². The summed E-state index contributed by atoms with van der Waals surface area (Å²) < 4.78 is 0. The fourth-order valence-electron chi connectivity index (χ4n) is 4.29. The van der Waals surface area contributed by atoms with Crippen LogP contribution in [0.15, 0.2) is 42.5 Å². The number of amides is 2. The van der Waals surface area contributed by atoms with E-state index in [4.69, 9.17) is 11.6 Å². The molecule has 0 heterocycles. The van der Waals surface area contributed by atoms with Crippen LogP contribution in [0.25, 0.3) is 0 Å². The summed E-state index contributed by atoms with van der Waals surface area (Å²) in [6, 6.07) is 13.5. The molecule has 2 saturated carbocycles. The summed E-state index contributed by atoms with van der Waals surface area (Å²) in [5.41, 5.74) is 3.34. The van der Waals surface area contributed by atoms with Crippen LogP contribution in [-0.2, 0) is 4.79 Å². The lowest BCUT2D eigenvalue weighted by molar-refractivity contribution is -0.117. The molecular formula is C24H27ClN2O2. The molecule has 5 heteroatoms. The number of carbonyl (C=O) groups is 2. The Balaban J connectivity index is 1.36. The number of rotatable bonds is 5. The highest BCUT2D eigenvalue weighted by atomic mass is 35.5.